The molecule has 0 unspecified atom stereocenters. The molecule has 0 aromatic rings. The van der Waals surface area contributed by atoms with Gasteiger partial charge in [-0.25, -0.2) is 0 Å². The van der Waals surface area contributed by atoms with Crippen LogP contribution in [0, 0.1) is 17.3 Å². The van der Waals surface area contributed by atoms with E-state index in [1.807, 2.05) is 0 Å². The first-order valence-electron chi connectivity index (χ1n) is 3.14. The predicted molar refractivity (Wildman–Crippen MR) is 38.0 cm³/mol. The monoisotopic (exact) mass is 125 g/mol. The summed E-state index contributed by atoms with van der Waals surface area (Å²) in [6, 6.07) is 0. The fourth-order valence-electron chi connectivity index (χ4n) is 0.580. The minimum Gasteiger partial charge on any atom is -0.151 e. The lowest BCUT2D eigenvalue weighted by atomic mass is 10.2. The van der Waals surface area contributed by atoms with E-state index >= 15 is 0 Å². The molecule has 0 aliphatic heterocycles. The van der Waals surface area contributed by atoms with Crippen LogP contribution in [-0.2, 0) is 0 Å². The molecule has 0 saturated carbocycles. The third kappa shape index (κ3) is 7.16. The zero-order chi connectivity index (χ0) is 6.95. The summed E-state index contributed by atoms with van der Waals surface area (Å²) in [5.41, 5.74) is 0. The molecule has 0 N–H and O–H groups in total. The van der Waals surface area contributed by atoms with E-state index < -0.39 is 0 Å². The quantitative estimate of drug-likeness (QED) is 0.313. The van der Waals surface area contributed by atoms with Gasteiger partial charge in [0.2, 0.25) is 0 Å². The summed E-state index contributed by atoms with van der Waals surface area (Å²) in [6.07, 6.45) is 8.75. The molecular weight excluding hydrogens is 114 g/mol. The van der Waals surface area contributed by atoms with E-state index in [0.717, 1.165) is 25.7 Å². The second-order valence-corrected chi connectivity index (χ2v) is 1.87. The van der Waals surface area contributed by atoms with Gasteiger partial charge in [0.15, 0.2) is 0 Å². The van der Waals surface area contributed by atoms with Gasteiger partial charge in [-0.1, -0.05) is 11.6 Å². The largest absolute Gasteiger partial charge is 0.151 e. The van der Waals surface area contributed by atoms with Gasteiger partial charge in [0.25, 0.3) is 0 Å². The SMILES string of the molecule is C#CCCCCCN=O. The first-order valence-corrected chi connectivity index (χ1v) is 3.14. The molecular formula is C7H11NO. The third-order valence-corrected chi connectivity index (χ3v) is 1.07. The zero-order valence-electron chi connectivity index (χ0n) is 5.47. The Morgan fingerprint density at radius 1 is 1.33 bits per heavy atom. The lowest BCUT2D eigenvalue weighted by Crippen LogP contribution is -1.79. The molecule has 2 heteroatoms. The van der Waals surface area contributed by atoms with Crippen LogP contribution < -0.4 is 0 Å². The Bertz CT molecular complexity index is 104. The molecule has 0 radical (unpaired) electrons. The highest BCUT2D eigenvalue weighted by atomic mass is 16.3. The molecule has 50 valence electrons. The number of terminal acetylenes is 1. The highest BCUT2D eigenvalue weighted by Crippen LogP contribution is 1.97. The van der Waals surface area contributed by atoms with E-state index in [0.29, 0.717) is 6.54 Å². The van der Waals surface area contributed by atoms with Crippen LogP contribution in [0.4, 0.5) is 0 Å². The first kappa shape index (κ1) is 8.16. The number of hydrogen-bond donors (Lipinski definition) is 0. The van der Waals surface area contributed by atoms with Crippen LogP contribution in [0.3, 0.4) is 0 Å². The zero-order valence-corrected chi connectivity index (χ0v) is 5.47. The van der Waals surface area contributed by atoms with Crippen LogP contribution >= 0.6 is 0 Å². The lowest BCUT2D eigenvalue weighted by Gasteiger charge is -1.89. The van der Waals surface area contributed by atoms with Gasteiger partial charge in [0.05, 0.1) is 6.54 Å². The highest BCUT2D eigenvalue weighted by molar-refractivity contribution is 4.82. The van der Waals surface area contributed by atoms with Gasteiger partial charge in [-0.3, -0.25) is 0 Å². The molecule has 0 aliphatic rings. The predicted octanol–water partition coefficient (Wildman–Crippen LogP) is 1.95. The van der Waals surface area contributed by atoms with Crippen molar-refractivity contribution >= 4 is 0 Å². The summed E-state index contributed by atoms with van der Waals surface area (Å²) in [5.74, 6) is 2.54. The molecule has 9 heavy (non-hydrogen) atoms. The Kier molecular flexibility index (Phi) is 6.49. The van der Waals surface area contributed by atoms with Crippen molar-refractivity contribution in [2.45, 2.75) is 25.7 Å². The minimum atomic E-state index is 0.435. The Labute approximate surface area is 55.6 Å². The van der Waals surface area contributed by atoms with Crippen molar-refractivity contribution in [3.8, 4) is 12.3 Å². The van der Waals surface area contributed by atoms with Gasteiger partial charge in [-0.2, -0.15) is 4.91 Å². The van der Waals surface area contributed by atoms with Crippen LogP contribution in [-0.4, -0.2) is 6.54 Å². The maximum Gasteiger partial charge on any atom is 0.0811 e. The minimum absolute atomic E-state index is 0.435. The summed E-state index contributed by atoms with van der Waals surface area (Å²) >= 11 is 0. The Morgan fingerprint density at radius 3 is 2.67 bits per heavy atom. The standard InChI is InChI=1S/C7H11NO/c1-2-3-4-5-6-7-8-9/h1H,3-7H2. The Morgan fingerprint density at radius 2 is 2.11 bits per heavy atom. The third-order valence-electron chi connectivity index (χ3n) is 1.07. The lowest BCUT2D eigenvalue weighted by molar-refractivity contribution is 0.700. The van der Waals surface area contributed by atoms with Gasteiger partial charge in [-0.15, -0.1) is 12.3 Å². The molecule has 0 amide bonds. The molecule has 0 spiro atoms. The molecule has 2 nitrogen and oxygen atoms in total. The number of unbranched alkanes of at least 4 members (excludes halogenated alkanes) is 3. The van der Waals surface area contributed by atoms with Crippen molar-refractivity contribution in [3.63, 3.8) is 0 Å². The van der Waals surface area contributed by atoms with Crippen molar-refractivity contribution < 1.29 is 0 Å². The average Bonchev–Trinajstić information content (AvgIpc) is 1.89. The molecule has 0 heterocycles. The molecule has 0 aromatic carbocycles. The number of nitroso groups, excluding NO2 is 1. The maximum atomic E-state index is 9.55. The maximum absolute atomic E-state index is 9.55. The van der Waals surface area contributed by atoms with Crippen molar-refractivity contribution in [1.29, 1.82) is 0 Å². The van der Waals surface area contributed by atoms with Gasteiger partial charge < -0.3 is 0 Å². The average molecular weight is 125 g/mol. The van der Waals surface area contributed by atoms with Crippen LogP contribution in [0.2, 0.25) is 0 Å². The smallest absolute Gasteiger partial charge is 0.0811 e. The summed E-state index contributed by atoms with van der Waals surface area (Å²) in [7, 11) is 0. The number of nitrogens with zero attached hydrogens (tertiary/aromatic N) is 1. The van der Waals surface area contributed by atoms with Crippen molar-refractivity contribution in [2.24, 2.45) is 5.18 Å². The van der Waals surface area contributed by atoms with Crippen molar-refractivity contribution in [1.82, 2.24) is 0 Å². The van der Waals surface area contributed by atoms with Gasteiger partial charge in [0, 0.05) is 6.42 Å². The highest BCUT2D eigenvalue weighted by Gasteiger charge is 1.85. The first-order chi connectivity index (χ1) is 4.41. The second kappa shape index (κ2) is 7.16. The normalized spacial score (nSPS) is 8.33. The summed E-state index contributed by atoms with van der Waals surface area (Å²) in [4.78, 5) is 9.55. The van der Waals surface area contributed by atoms with Crippen LogP contribution in [0.1, 0.15) is 25.7 Å². The fourth-order valence-corrected chi connectivity index (χ4v) is 0.580. The summed E-state index contributed by atoms with van der Waals surface area (Å²) < 4.78 is 0. The van der Waals surface area contributed by atoms with Gasteiger partial charge in [0.1, 0.15) is 0 Å². The van der Waals surface area contributed by atoms with Crippen LogP contribution in [0.5, 0.6) is 0 Å². The number of hydrogen-bond acceptors (Lipinski definition) is 2. The van der Waals surface area contributed by atoms with E-state index in [9.17, 15) is 4.91 Å². The molecule has 0 bridgehead atoms. The molecule has 0 fully saturated rings. The van der Waals surface area contributed by atoms with Crippen molar-refractivity contribution in [2.75, 3.05) is 6.54 Å². The summed E-state index contributed by atoms with van der Waals surface area (Å²) in [6.45, 7) is 0.435. The van der Waals surface area contributed by atoms with Crippen LogP contribution in [0.25, 0.3) is 0 Å². The molecule has 0 aliphatic carbocycles. The second-order valence-electron chi connectivity index (χ2n) is 1.87. The topological polar surface area (TPSA) is 29.4 Å². The van der Waals surface area contributed by atoms with Gasteiger partial charge in [-0.05, 0) is 12.8 Å². The van der Waals surface area contributed by atoms with E-state index in [1.165, 1.54) is 0 Å². The Hall–Kier alpha value is -0.840. The van der Waals surface area contributed by atoms with Gasteiger partial charge >= 0.3 is 0 Å². The van der Waals surface area contributed by atoms with E-state index in [4.69, 9.17) is 6.42 Å². The Balaban J connectivity index is 2.76. The molecule has 0 atom stereocenters. The summed E-state index contributed by atoms with van der Waals surface area (Å²) in [5, 5.41) is 2.73. The van der Waals surface area contributed by atoms with Crippen molar-refractivity contribution in [3.05, 3.63) is 4.91 Å². The van der Waals surface area contributed by atoms with E-state index in [1.54, 1.807) is 0 Å². The van der Waals surface area contributed by atoms with E-state index in [2.05, 4.69) is 11.1 Å². The fraction of sp³-hybridized carbons (Fsp3) is 0.714. The molecule has 0 rings (SSSR count). The molecule has 0 saturated heterocycles. The molecule has 0 aromatic heterocycles. The number of rotatable bonds is 5. The van der Waals surface area contributed by atoms with E-state index in [-0.39, 0.29) is 0 Å². The van der Waals surface area contributed by atoms with Crippen LogP contribution in [0.15, 0.2) is 5.18 Å².